The Balaban J connectivity index is 1.75. The minimum absolute atomic E-state index is 0.587. The molecule has 3 rings (SSSR count). The highest BCUT2D eigenvalue weighted by Gasteiger charge is 2.14. The van der Waals surface area contributed by atoms with Gasteiger partial charge in [0.1, 0.15) is 17.4 Å². The van der Waals surface area contributed by atoms with Crippen LogP contribution in [0.25, 0.3) is 11.0 Å². The van der Waals surface area contributed by atoms with E-state index in [1.807, 2.05) is 30.3 Å². The predicted molar refractivity (Wildman–Crippen MR) is 87.8 cm³/mol. The highest BCUT2D eigenvalue weighted by molar-refractivity contribution is 7.99. The highest BCUT2D eigenvalue weighted by atomic mass is 32.2. The normalized spacial score (nSPS) is 12.7. The Labute approximate surface area is 128 Å². The average molecular weight is 298 g/mol. The zero-order valence-electron chi connectivity index (χ0n) is 12.2. The van der Waals surface area contributed by atoms with Crippen LogP contribution in [0.2, 0.25) is 0 Å². The summed E-state index contributed by atoms with van der Waals surface area (Å²) in [6.45, 7) is 4.13. The quantitative estimate of drug-likeness (QED) is 0.697. The van der Waals surface area contributed by atoms with Gasteiger partial charge in [0.15, 0.2) is 0 Å². The lowest BCUT2D eigenvalue weighted by molar-refractivity contribution is 0.177. The molecule has 0 aliphatic carbocycles. The molecule has 1 aromatic heterocycles. The summed E-state index contributed by atoms with van der Waals surface area (Å²) in [5, 5.41) is 11.4. The average Bonchev–Trinajstić information content (AvgIpc) is 2.89. The lowest BCUT2D eigenvalue weighted by Gasteiger charge is -2.08. The Morgan fingerprint density at radius 3 is 2.71 bits per heavy atom. The minimum atomic E-state index is -0.595. The maximum atomic E-state index is 10.3. The molecule has 1 heterocycles. The van der Waals surface area contributed by atoms with Crippen LogP contribution in [0.1, 0.15) is 23.0 Å². The van der Waals surface area contributed by atoms with Gasteiger partial charge >= 0.3 is 0 Å². The Kier molecular flexibility index (Phi) is 4.04. The summed E-state index contributed by atoms with van der Waals surface area (Å²) in [6.07, 6.45) is -0.595. The van der Waals surface area contributed by atoms with E-state index in [1.54, 1.807) is 11.8 Å². The largest absolute Gasteiger partial charge is 0.458 e. The SMILES string of the molecule is Cc1ccc2oc(C(O)CSc3ccccc3C)cc2c1. The summed E-state index contributed by atoms with van der Waals surface area (Å²) in [6, 6.07) is 16.2. The van der Waals surface area contributed by atoms with E-state index in [4.69, 9.17) is 4.42 Å². The van der Waals surface area contributed by atoms with Gasteiger partial charge in [-0.1, -0.05) is 29.8 Å². The maximum absolute atomic E-state index is 10.3. The third-order valence-electron chi connectivity index (χ3n) is 3.51. The second-order valence-corrected chi connectivity index (χ2v) is 6.34. The third-order valence-corrected chi connectivity index (χ3v) is 4.76. The Hall–Kier alpha value is -1.71. The van der Waals surface area contributed by atoms with Crippen molar-refractivity contribution in [1.82, 2.24) is 0 Å². The summed E-state index contributed by atoms with van der Waals surface area (Å²) in [5.74, 6) is 1.22. The van der Waals surface area contributed by atoms with Gasteiger partial charge in [0.25, 0.3) is 0 Å². The molecule has 108 valence electrons. The van der Waals surface area contributed by atoms with Gasteiger partial charge in [-0.2, -0.15) is 0 Å². The molecular formula is C18H18O2S. The molecule has 3 heteroatoms. The molecule has 3 aromatic rings. The number of hydrogen-bond acceptors (Lipinski definition) is 3. The zero-order chi connectivity index (χ0) is 14.8. The van der Waals surface area contributed by atoms with E-state index >= 15 is 0 Å². The van der Waals surface area contributed by atoms with Crippen molar-refractivity contribution in [1.29, 1.82) is 0 Å². The van der Waals surface area contributed by atoms with E-state index in [2.05, 4.69) is 32.0 Å². The minimum Gasteiger partial charge on any atom is -0.458 e. The smallest absolute Gasteiger partial charge is 0.134 e. The second-order valence-electron chi connectivity index (χ2n) is 5.28. The summed E-state index contributed by atoms with van der Waals surface area (Å²) in [5.41, 5.74) is 3.25. The molecule has 1 N–H and O–H groups in total. The van der Waals surface area contributed by atoms with Crippen LogP contribution in [-0.2, 0) is 0 Å². The van der Waals surface area contributed by atoms with E-state index in [0.29, 0.717) is 11.5 Å². The molecule has 0 aliphatic heterocycles. The number of aryl methyl sites for hydroxylation is 2. The molecule has 2 aromatic carbocycles. The van der Waals surface area contributed by atoms with Gasteiger partial charge in [0.05, 0.1) is 0 Å². The van der Waals surface area contributed by atoms with Crippen LogP contribution in [0.5, 0.6) is 0 Å². The van der Waals surface area contributed by atoms with Crippen molar-refractivity contribution in [3.05, 3.63) is 65.4 Å². The Morgan fingerprint density at radius 2 is 1.90 bits per heavy atom. The van der Waals surface area contributed by atoms with Crippen LogP contribution in [0.15, 0.2) is 57.8 Å². The Bertz CT molecular complexity index is 761. The molecule has 0 aliphatic rings. The van der Waals surface area contributed by atoms with E-state index in [9.17, 15) is 5.11 Å². The van der Waals surface area contributed by atoms with Crippen molar-refractivity contribution < 1.29 is 9.52 Å². The number of furan rings is 1. The first-order valence-corrected chi connectivity index (χ1v) is 7.98. The summed E-state index contributed by atoms with van der Waals surface area (Å²) >= 11 is 1.65. The molecule has 0 radical (unpaired) electrons. The van der Waals surface area contributed by atoms with Crippen LogP contribution in [0.4, 0.5) is 0 Å². The van der Waals surface area contributed by atoms with Crippen LogP contribution in [0, 0.1) is 13.8 Å². The first-order valence-electron chi connectivity index (χ1n) is 7.00. The molecule has 0 amide bonds. The number of aliphatic hydroxyl groups excluding tert-OH is 1. The first kappa shape index (κ1) is 14.2. The molecule has 0 fully saturated rings. The maximum Gasteiger partial charge on any atom is 0.134 e. The lowest BCUT2D eigenvalue weighted by Crippen LogP contribution is -1.98. The van der Waals surface area contributed by atoms with Crippen molar-refractivity contribution >= 4 is 22.7 Å². The van der Waals surface area contributed by atoms with Crippen LogP contribution in [-0.4, -0.2) is 10.9 Å². The van der Waals surface area contributed by atoms with Crippen molar-refractivity contribution in [3.63, 3.8) is 0 Å². The van der Waals surface area contributed by atoms with E-state index in [0.717, 1.165) is 11.0 Å². The Morgan fingerprint density at radius 1 is 1.10 bits per heavy atom. The van der Waals surface area contributed by atoms with Gasteiger partial charge in [-0.15, -0.1) is 11.8 Å². The standard InChI is InChI=1S/C18H18O2S/c1-12-7-8-16-14(9-12)10-17(20-16)15(19)11-21-18-6-4-3-5-13(18)2/h3-10,15,19H,11H2,1-2H3. The molecule has 0 saturated carbocycles. The van der Waals surface area contributed by atoms with Gasteiger partial charge < -0.3 is 9.52 Å². The highest BCUT2D eigenvalue weighted by Crippen LogP contribution is 2.30. The summed E-state index contributed by atoms with van der Waals surface area (Å²) < 4.78 is 5.74. The van der Waals surface area contributed by atoms with Crippen molar-refractivity contribution in [2.45, 2.75) is 24.8 Å². The van der Waals surface area contributed by atoms with Crippen molar-refractivity contribution in [2.24, 2.45) is 0 Å². The number of rotatable bonds is 4. The first-order chi connectivity index (χ1) is 10.1. The molecule has 2 nitrogen and oxygen atoms in total. The number of benzene rings is 2. The van der Waals surface area contributed by atoms with Crippen molar-refractivity contribution in [2.75, 3.05) is 5.75 Å². The predicted octanol–water partition coefficient (Wildman–Crippen LogP) is 4.88. The fourth-order valence-electron chi connectivity index (χ4n) is 2.32. The lowest BCUT2D eigenvalue weighted by atomic mass is 10.2. The number of aliphatic hydroxyl groups is 1. The van der Waals surface area contributed by atoms with E-state index in [-0.39, 0.29) is 0 Å². The second kappa shape index (κ2) is 5.96. The number of fused-ring (bicyclic) bond motifs is 1. The number of thioether (sulfide) groups is 1. The van der Waals surface area contributed by atoms with Gasteiger partial charge in [0, 0.05) is 16.0 Å². The van der Waals surface area contributed by atoms with Gasteiger partial charge in [0.2, 0.25) is 0 Å². The number of hydrogen-bond donors (Lipinski definition) is 1. The topological polar surface area (TPSA) is 33.4 Å². The van der Waals surface area contributed by atoms with Crippen LogP contribution in [0.3, 0.4) is 0 Å². The summed E-state index contributed by atoms with van der Waals surface area (Å²) in [7, 11) is 0. The van der Waals surface area contributed by atoms with E-state index < -0.39 is 6.10 Å². The molecule has 1 atom stereocenters. The molecule has 0 spiro atoms. The molecule has 21 heavy (non-hydrogen) atoms. The summed E-state index contributed by atoms with van der Waals surface area (Å²) in [4.78, 5) is 1.20. The fraction of sp³-hybridized carbons (Fsp3) is 0.222. The fourth-order valence-corrected chi connectivity index (χ4v) is 3.29. The zero-order valence-corrected chi connectivity index (χ0v) is 13.0. The molecule has 0 bridgehead atoms. The molecule has 1 unspecified atom stereocenters. The van der Waals surface area contributed by atoms with Gasteiger partial charge in [-0.05, 0) is 43.7 Å². The van der Waals surface area contributed by atoms with Crippen LogP contribution < -0.4 is 0 Å². The third kappa shape index (κ3) is 3.14. The van der Waals surface area contributed by atoms with Gasteiger partial charge in [-0.3, -0.25) is 0 Å². The molecule has 0 saturated heterocycles. The molecular weight excluding hydrogens is 280 g/mol. The monoisotopic (exact) mass is 298 g/mol. The van der Waals surface area contributed by atoms with Gasteiger partial charge in [-0.25, -0.2) is 0 Å². The van der Waals surface area contributed by atoms with E-state index in [1.165, 1.54) is 16.0 Å². The van der Waals surface area contributed by atoms with Crippen LogP contribution >= 0.6 is 11.8 Å². The van der Waals surface area contributed by atoms with Crippen molar-refractivity contribution in [3.8, 4) is 0 Å².